The van der Waals surface area contributed by atoms with Crippen molar-refractivity contribution >= 4 is 11.6 Å². The number of hydrogen-bond acceptors (Lipinski definition) is 3. The molecule has 0 spiro atoms. The zero-order valence-electron chi connectivity index (χ0n) is 8.96. The fourth-order valence-corrected chi connectivity index (χ4v) is 1.20. The normalized spacial score (nSPS) is 10.4. The monoisotopic (exact) mass is 210 g/mol. The Morgan fingerprint density at radius 1 is 1.53 bits per heavy atom. The van der Waals surface area contributed by atoms with Crippen LogP contribution in [0.2, 0.25) is 0 Å². The van der Waals surface area contributed by atoms with E-state index in [0.717, 1.165) is 6.20 Å². The highest BCUT2D eigenvalue weighted by atomic mass is 19.1. The molecule has 1 aromatic rings. The molecule has 82 valence electrons. The van der Waals surface area contributed by atoms with Crippen LogP contribution in [0.4, 0.5) is 10.2 Å². The number of nitrogens with one attached hydrogen (secondary N) is 1. The van der Waals surface area contributed by atoms with Crippen LogP contribution in [-0.2, 0) is 4.79 Å². The van der Waals surface area contributed by atoms with Gasteiger partial charge in [0.15, 0.2) is 5.78 Å². The molecule has 1 aromatic heterocycles. The molecule has 1 rings (SSSR count). The third-order valence-electron chi connectivity index (χ3n) is 1.83. The lowest BCUT2D eigenvalue weighted by molar-refractivity contribution is -0.118. The van der Waals surface area contributed by atoms with Crippen molar-refractivity contribution in [2.75, 3.05) is 11.9 Å². The molecular weight excluding hydrogens is 195 g/mol. The molecule has 0 aromatic carbocycles. The first-order chi connectivity index (χ1) is 7.08. The number of nitrogens with zero attached hydrogens (tertiary/aromatic N) is 1. The Morgan fingerprint density at radius 2 is 2.27 bits per heavy atom. The molecule has 0 saturated carbocycles. The first-order valence-corrected chi connectivity index (χ1v) is 4.95. The van der Waals surface area contributed by atoms with Crippen molar-refractivity contribution in [2.45, 2.75) is 20.3 Å². The Hall–Kier alpha value is -1.45. The predicted octanol–water partition coefficient (Wildman–Crippen LogP) is 2.25. The number of hydrogen-bond donors (Lipinski definition) is 1. The maximum absolute atomic E-state index is 12.5. The van der Waals surface area contributed by atoms with E-state index in [9.17, 15) is 9.18 Å². The molecule has 0 amide bonds. The Bertz CT molecular complexity index is 322. The smallest absolute Gasteiger partial charge is 0.152 e. The standard InChI is InChI=1S/C11H15FN2O/c1-8(2)5-10(15)7-14-11-4-3-9(12)6-13-11/h3-4,6,8H,5,7H2,1-2H3,(H,13,14). The van der Waals surface area contributed by atoms with Crippen LogP contribution in [0.15, 0.2) is 18.3 Å². The molecule has 15 heavy (non-hydrogen) atoms. The molecule has 0 atom stereocenters. The average molecular weight is 210 g/mol. The molecule has 3 nitrogen and oxygen atoms in total. The first-order valence-electron chi connectivity index (χ1n) is 4.95. The lowest BCUT2D eigenvalue weighted by Gasteiger charge is -2.06. The summed E-state index contributed by atoms with van der Waals surface area (Å²) in [6.07, 6.45) is 1.67. The van der Waals surface area contributed by atoms with Crippen molar-refractivity contribution in [1.82, 2.24) is 4.98 Å². The van der Waals surface area contributed by atoms with Crippen LogP contribution in [0.25, 0.3) is 0 Å². The summed E-state index contributed by atoms with van der Waals surface area (Å²) in [4.78, 5) is 15.1. The maximum Gasteiger partial charge on any atom is 0.152 e. The van der Waals surface area contributed by atoms with Gasteiger partial charge in [-0.25, -0.2) is 9.37 Å². The Kier molecular flexibility index (Phi) is 4.21. The average Bonchev–Trinajstić information content (AvgIpc) is 2.16. The maximum atomic E-state index is 12.5. The van der Waals surface area contributed by atoms with Gasteiger partial charge in [-0.1, -0.05) is 13.8 Å². The molecule has 0 aliphatic rings. The Labute approximate surface area is 88.7 Å². The number of carbonyl (C=O) groups is 1. The predicted molar refractivity (Wildman–Crippen MR) is 57.1 cm³/mol. The molecule has 0 radical (unpaired) electrons. The van der Waals surface area contributed by atoms with Gasteiger partial charge in [0.25, 0.3) is 0 Å². The quantitative estimate of drug-likeness (QED) is 0.810. The number of carbonyl (C=O) groups excluding carboxylic acids is 1. The minimum absolute atomic E-state index is 0.135. The van der Waals surface area contributed by atoms with Gasteiger partial charge in [0.05, 0.1) is 12.7 Å². The third kappa shape index (κ3) is 4.54. The minimum atomic E-state index is -0.381. The molecule has 4 heteroatoms. The van der Waals surface area contributed by atoms with Gasteiger partial charge in [0.2, 0.25) is 0 Å². The second kappa shape index (κ2) is 5.44. The van der Waals surface area contributed by atoms with E-state index in [1.54, 1.807) is 0 Å². The highest BCUT2D eigenvalue weighted by molar-refractivity contribution is 5.82. The van der Waals surface area contributed by atoms with Crippen LogP contribution in [0.1, 0.15) is 20.3 Å². The van der Waals surface area contributed by atoms with Crippen LogP contribution in [0.3, 0.4) is 0 Å². The molecule has 0 aliphatic carbocycles. The molecule has 0 unspecified atom stereocenters. The fourth-order valence-electron chi connectivity index (χ4n) is 1.20. The van der Waals surface area contributed by atoms with Crippen LogP contribution < -0.4 is 5.32 Å². The van der Waals surface area contributed by atoms with Gasteiger partial charge in [-0.3, -0.25) is 4.79 Å². The van der Waals surface area contributed by atoms with E-state index >= 15 is 0 Å². The molecule has 1 N–H and O–H groups in total. The number of pyridine rings is 1. The molecule has 0 saturated heterocycles. The zero-order valence-corrected chi connectivity index (χ0v) is 8.96. The third-order valence-corrected chi connectivity index (χ3v) is 1.83. The number of ketones is 1. The number of aromatic nitrogens is 1. The van der Waals surface area contributed by atoms with Crippen LogP contribution in [-0.4, -0.2) is 17.3 Å². The number of Topliss-reactive ketones (excluding diaryl/α,β-unsaturated/α-hetero) is 1. The van der Waals surface area contributed by atoms with Gasteiger partial charge < -0.3 is 5.32 Å². The van der Waals surface area contributed by atoms with Gasteiger partial charge in [-0.2, -0.15) is 0 Å². The molecular formula is C11H15FN2O. The molecule has 0 aliphatic heterocycles. The van der Waals surface area contributed by atoms with Crippen LogP contribution >= 0.6 is 0 Å². The highest BCUT2D eigenvalue weighted by Crippen LogP contribution is 2.04. The Morgan fingerprint density at radius 3 is 2.80 bits per heavy atom. The van der Waals surface area contributed by atoms with Gasteiger partial charge in [-0.05, 0) is 18.1 Å². The lowest BCUT2D eigenvalue weighted by Crippen LogP contribution is -2.16. The summed E-state index contributed by atoms with van der Waals surface area (Å²) in [5, 5.41) is 2.85. The van der Waals surface area contributed by atoms with E-state index in [2.05, 4.69) is 10.3 Å². The van der Waals surface area contributed by atoms with E-state index in [1.165, 1.54) is 12.1 Å². The summed E-state index contributed by atoms with van der Waals surface area (Å²) in [6, 6.07) is 2.82. The largest absolute Gasteiger partial charge is 0.363 e. The van der Waals surface area contributed by atoms with E-state index in [1.807, 2.05) is 13.8 Å². The topological polar surface area (TPSA) is 42.0 Å². The first kappa shape index (κ1) is 11.6. The molecule has 0 bridgehead atoms. The molecule has 1 heterocycles. The number of anilines is 1. The van der Waals surface area contributed by atoms with Crippen molar-refractivity contribution < 1.29 is 9.18 Å². The summed E-state index contributed by atoms with van der Waals surface area (Å²) in [5.74, 6) is 0.638. The lowest BCUT2D eigenvalue weighted by atomic mass is 10.1. The molecule has 0 fully saturated rings. The van der Waals surface area contributed by atoms with Gasteiger partial charge in [-0.15, -0.1) is 0 Å². The van der Waals surface area contributed by atoms with Gasteiger partial charge in [0.1, 0.15) is 11.6 Å². The van der Waals surface area contributed by atoms with E-state index in [-0.39, 0.29) is 18.1 Å². The zero-order chi connectivity index (χ0) is 11.3. The summed E-state index contributed by atoms with van der Waals surface area (Å²) in [7, 11) is 0. The van der Waals surface area contributed by atoms with Crippen molar-refractivity contribution in [3.63, 3.8) is 0 Å². The number of rotatable bonds is 5. The number of halogens is 1. The highest BCUT2D eigenvalue weighted by Gasteiger charge is 2.04. The van der Waals surface area contributed by atoms with Gasteiger partial charge >= 0.3 is 0 Å². The SMILES string of the molecule is CC(C)CC(=O)CNc1ccc(F)cn1. The van der Waals surface area contributed by atoms with Gasteiger partial charge in [0, 0.05) is 6.42 Å². The van der Waals surface area contributed by atoms with E-state index in [4.69, 9.17) is 0 Å². The van der Waals surface area contributed by atoms with Crippen molar-refractivity contribution in [3.8, 4) is 0 Å². The summed E-state index contributed by atoms with van der Waals surface area (Å²) in [5.41, 5.74) is 0. The second-order valence-corrected chi connectivity index (χ2v) is 3.85. The van der Waals surface area contributed by atoms with Crippen molar-refractivity contribution in [1.29, 1.82) is 0 Å². The van der Waals surface area contributed by atoms with E-state index < -0.39 is 0 Å². The Balaban J connectivity index is 2.37. The summed E-state index contributed by atoms with van der Waals surface area (Å²) >= 11 is 0. The fraction of sp³-hybridized carbons (Fsp3) is 0.455. The second-order valence-electron chi connectivity index (χ2n) is 3.85. The van der Waals surface area contributed by atoms with Crippen molar-refractivity contribution in [3.05, 3.63) is 24.1 Å². The van der Waals surface area contributed by atoms with Crippen LogP contribution in [0.5, 0.6) is 0 Å². The summed E-state index contributed by atoms with van der Waals surface area (Å²) in [6.45, 7) is 4.24. The van der Waals surface area contributed by atoms with Crippen LogP contribution in [0, 0.1) is 11.7 Å². The van der Waals surface area contributed by atoms with Crippen molar-refractivity contribution in [2.24, 2.45) is 5.92 Å². The minimum Gasteiger partial charge on any atom is -0.363 e. The van der Waals surface area contributed by atoms with E-state index in [0.29, 0.717) is 18.2 Å². The summed E-state index contributed by atoms with van der Waals surface area (Å²) < 4.78 is 12.5.